The molecule has 2 aromatic rings. The maximum Gasteiger partial charge on any atom is 0.418 e. The molecule has 1 aromatic carbocycles. The van der Waals surface area contributed by atoms with Crippen LogP contribution in [0.15, 0.2) is 24.4 Å². The Kier molecular flexibility index (Phi) is 5.13. The average Bonchev–Trinajstić information content (AvgIpc) is 2.45. The van der Waals surface area contributed by atoms with Gasteiger partial charge in [0.1, 0.15) is 5.75 Å². The molecule has 22 heavy (non-hydrogen) atoms. The fraction of sp³-hybridized carbons (Fsp3) is 0.400. The fourth-order valence-corrected chi connectivity index (χ4v) is 2.17. The van der Waals surface area contributed by atoms with Gasteiger partial charge in [0.05, 0.1) is 17.7 Å². The molecule has 1 atom stereocenters. The van der Waals surface area contributed by atoms with E-state index in [1.165, 1.54) is 6.07 Å². The topological polar surface area (TPSA) is 42.4 Å². The fourth-order valence-electron chi connectivity index (χ4n) is 2.01. The molecule has 1 N–H and O–H groups in total. The monoisotopic (exact) mass is 333 g/mol. The van der Waals surface area contributed by atoms with E-state index in [1.807, 2.05) is 6.92 Å². The van der Waals surface area contributed by atoms with Crippen molar-refractivity contribution in [3.8, 4) is 5.75 Å². The molecule has 2 rings (SSSR count). The molecule has 7 heteroatoms. The van der Waals surface area contributed by atoms with Crippen LogP contribution >= 0.6 is 11.6 Å². The minimum atomic E-state index is -4.79. The van der Waals surface area contributed by atoms with Crippen molar-refractivity contribution in [1.82, 2.24) is 4.98 Å². The molecule has 0 saturated heterocycles. The van der Waals surface area contributed by atoms with Gasteiger partial charge in [-0.3, -0.25) is 4.98 Å². The Balaban J connectivity index is 2.54. The van der Waals surface area contributed by atoms with Crippen molar-refractivity contribution >= 4 is 22.5 Å². The number of aliphatic hydroxyl groups is 1. The average molecular weight is 334 g/mol. The molecule has 0 spiro atoms. The molecule has 0 saturated carbocycles. The number of ether oxygens (including phenoxy) is 1. The number of benzene rings is 1. The summed E-state index contributed by atoms with van der Waals surface area (Å²) in [6, 6.07) is 4.62. The molecule has 120 valence electrons. The molecule has 0 aliphatic carbocycles. The molecule has 0 aliphatic rings. The second-order valence-corrected chi connectivity index (χ2v) is 5.29. The second-order valence-electron chi connectivity index (χ2n) is 4.85. The first-order chi connectivity index (χ1) is 10.3. The van der Waals surface area contributed by atoms with Crippen LogP contribution in [0.4, 0.5) is 13.2 Å². The molecular weight excluding hydrogens is 319 g/mol. The third-order valence-electron chi connectivity index (χ3n) is 3.16. The zero-order chi connectivity index (χ0) is 16.3. The summed E-state index contributed by atoms with van der Waals surface area (Å²) in [6.45, 7) is 2.20. The van der Waals surface area contributed by atoms with Crippen LogP contribution in [-0.4, -0.2) is 22.9 Å². The van der Waals surface area contributed by atoms with Gasteiger partial charge in [0.15, 0.2) is 6.10 Å². The number of nitrogens with zero attached hydrogens (tertiary/aromatic N) is 1. The number of aliphatic hydroxyl groups excluding tert-OH is 1. The lowest BCUT2D eigenvalue weighted by atomic mass is 10.1. The first-order valence-corrected chi connectivity index (χ1v) is 7.18. The number of rotatable bonds is 5. The molecule has 0 aliphatic heterocycles. The maximum absolute atomic E-state index is 12.8. The van der Waals surface area contributed by atoms with Gasteiger partial charge in [0.25, 0.3) is 0 Å². The first kappa shape index (κ1) is 16.8. The number of aromatic nitrogens is 1. The Labute approximate surface area is 130 Å². The molecule has 0 fully saturated rings. The van der Waals surface area contributed by atoms with Crippen molar-refractivity contribution in [2.45, 2.75) is 32.0 Å². The van der Waals surface area contributed by atoms with Crippen molar-refractivity contribution in [2.75, 3.05) is 6.61 Å². The normalized spacial score (nSPS) is 13.4. The van der Waals surface area contributed by atoms with Gasteiger partial charge in [-0.2, -0.15) is 13.2 Å². The Bertz CT molecular complexity index is 661. The van der Waals surface area contributed by atoms with Crippen molar-refractivity contribution in [3.63, 3.8) is 0 Å². The number of hydrogen-bond acceptors (Lipinski definition) is 3. The van der Waals surface area contributed by atoms with E-state index in [9.17, 15) is 18.3 Å². The highest BCUT2D eigenvalue weighted by Gasteiger charge is 2.41. The second kappa shape index (κ2) is 6.71. The summed E-state index contributed by atoms with van der Waals surface area (Å²) >= 11 is 5.86. The quantitative estimate of drug-likeness (QED) is 0.809. The molecule has 1 heterocycles. The molecule has 1 aromatic heterocycles. The van der Waals surface area contributed by atoms with Crippen LogP contribution in [0.5, 0.6) is 5.75 Å². The summed E-state index contributed by atoms with van der Waals surface area (Å²) in [7, 11) is 0. The number of halogens is 4. The Morgan fingerprint density at radius 3 is 2.73 bits per heavy atom. The summed E-state index contributed by atoms with van der Waals surface area (Å²) < 4.78 is 43.9. The van der Waals surface area contributed by atoms with E-state index < -0.39 is 17.8 Å². The highest BCUT2D eigenvalue weighted by Crippen LogP contribution is 2.40. The number of fused-ring (bicyclic) bond motifs is 1. The number of hydrogen-bond donors (Lipinski definition) is 1. The van der Waals surface area contributed by atoms with Crippen LogP contribution in [0.3, 0.4) is 0 Å². The molecule has 0 bridgehead atoms. The van der Waals surface area contributed by atoms with E-state index in [-0.39, 0.29) is 12.4 Å². The van der Waals surface area contributed by atoms with Crippen molar-refractivity contribution in [3.05, 3.63) is 35.0 Å². The zero-order valence-corrected chi connectivity index (χ0v) is 12.6. The van der Waals surface area contributed by atoms with E-state index >= 15 is 0 Å². The van der Waals surface area contributed by atoms with E-state index in [0.29, 0.717) is 22.3 Å². The minimum absolute atomic E-state index is 0.0000540. The predicted molar refractivity (Wildman–Crippen MR) is 78.2 cm³/mol. The van der Waals surface area contributed by atoms with Crippen LogP contribution in [0.1, 0.15) is 31.4 Å². The number of pyridine rings is 1. The molecule has 0 unspecified atom stereocenters. The van der Waals surface area contributed by atoms with Gasteiger partial charge in [-0.15, -0.1) is 0 Å². The first-order valence-electron chi connectivity index (χ1n) is 6.80. The standard InChI is InChI=1S/C15H15ClF3NO2/c1-2-3-6-22-13-10-5-4-9(16)7-12(10)20-8-11(13)14(21)15(17,18)19/h4-5,7-8,14,21H,2-3,6H2,1H3/t14-/m0/s1. The number of alkyl halides is 3. The Morgan fingerprint density at radius 1 is 1.36 bits per heavy atom. The van der Waals surface area contributed by atoms with Crippen LogP contribution < -0.4 is 4.74 Å². The third kappa shape index (κ3) is 3.62. The van der Waals surface area contributed by atoms with Crippen molar-refractivity contribution < 1.29 is 23.0 Å². The van der Waals surface area contributed by atoms with Crippen LogP contribution in [0, 0.1) is 0 Å². The van der Waals surface area contributed by atoms with Gasteiger partial charge in [-0.1, -0.05) is 24.9 Å². The minimum Gasteiger partial charge on any atom is -0.492 e. The summed E-state index contributed by atoms with van der Waals surface area (Å²) in [6.07, 6.45) is -4.91. The molecule has 0 amide bonds. The van der Waals surface area contributed by atoms with E-state index in [1.54, 1.807) is 12.1 Å². The third-order valence-corrected chi connectivity index (χ3v) is 3.39. The summed E-state index contributed by atoms with van der Waals surface area (Å²) in [5, 5.41) is 10.3. The van der Waals surface area contributed by atoms with Gasteiger partial charge in [-0.25, -0.2) is 0 Å². The predicted octanol–water partition coefficient (Wildman–Crippen LogP) is 4.66. The van der Waals surface area contributed by atoms with Gasteiger partial charge >= 0.3 is 6.18 Å². The summed E-state index contributed by atoms with van der Waals surface area (Å²) in [5.41, 5.74) is 0.0237. The molecule has 0 radical (unpaired) electrons. The van der Waals surface area contributed by atoms with Gasteiger partial charge < -0.3 is 9.84 Å². The van der Waals surface area contributed by atoms with Crippen LogP contribution in [-0.2, 0) is 0 Å². The Morgan fingerprint density at radius 2 is 2.09 bits per heavy atom. The van der Waals surface area contributed by atoms with E-state index in [0.717, 1.165) is 12.6 Å². The van der Waals surface area contributed by atoms with Gasteiger partial charge in [-0.05, 0) is 24.6 Å². The summed E-state index contributed by atoms with van der Waals surface area (Å²) in [5.74, 6) is -0.0000540. The molecular formula is C15H15ClF3NO2. The molecule has 3 nitrogen and oxygen atoms in total. The largest absolute Gasteiger partial charge is 0.492 e. The number of unbranched alkanes of at least 4 members (excludes halogenated alkanes) is 1. The van der Waals surface area contributed by atoms with E-state index in [2.05, 4.69) is 4.98 Å². The van der Waals surface area contributed by atoms with Crippen molar-refractivity contribution in [2.24, 2.45) is 0 Å². The van der Waals surface area contributed by atoms with Gasteiger partial charge in [0.2, 0.25) is 0 Å². The lowest BCUT2D eigenvalue weighted by Gasteiger charge is -2.19. The van der Waals surface area contributed by atoms with Crippen LogP contribution in [0.25, 0.3) is 10.9 Å². The maximum atomic E-state index is 12.8. The lowest BCUT2D eigenvalue weighted by Crippen LogP contribution is -2.21. The van der Waals surface area contributed by atoms with Crippen LogP contribution in [0.2, 0.25) is 5.02 Å². The van der Waals surface area contributed by atoms with Gasteiger partial charge in [0, 0.05) is 16.6 Å². The smallest absolute Gasteiger partial charge is 0.418 e. The zero-order valence-electron chi connectivity index (χ0n) is 11.8. The van der Waals surface area contributed by atoms with E-state index in [4.69, 9.17) is 16.3 Å². The SMILES string of the molecule is CCCCOc1c([C@H](O)C(F)(F)F)cnc2cc(Cl)ccc12. The van der Waals surface area contributed by atoms with Crippen molar-refractivity contribution in [1.29, 1.82) is 0 Å². The highest BCUT2D eigenvalue weighted by molar-refractivity contribution is 6.31. The highest BCUT2D eigenvalue weighted by atomic mass is 35.5. The summed E-state index contributed by atoms with van der Waals surface area (Å²) in [4.78, 5) is 3.94. The lowest BCUT2D eigenvalue weighted by molar-refractivity contribution is -0.207. The Hall–Kier alpha value is -1.53.